The highest BCUT2D eigenvalue weighted by atomic mass is 35.5. The maximum absolute atomic E-state index is 12.5. The molecule has 0 saturated carbocycles. The molecule has 6 nitrogen and oxygen atoms in total. The minimum Gasteiger partial charge on any atom is -0.338 e. The highest BCUT2D eigenvalue weighted by Crippen LogP contribution is 2.25. The predicted octanol–water partition coefficient (Wildman–Crippen LogP) is 4.24. The van der Waals surface area contributed by atoms with Crippen LogP contribution in [0.15, 0.2) is 59.1 Å². The Hall–Kier alpha value is -2.70. The number of benzene rings is 2. The van der Waals surface area contributed by atoms with Crippen LogP contribution in [0.4, 0.5) is 5.69 Å². The molecule has 1 aliphatic heterocycles. The second-order valence-corrected chi connectivity index (χ2v) is 7.30. The number of nitrogens with zero attached hydrogens (tertiary/aromatic N) is 3. The molecule has 0 radical (unpaired) electrons. The van der Waals surface area contributed by atoms with Gasteiger partial charge in [-0.1, -0.05) is 59.2 Å². The van der Waals surface area contributed by atoms with Crippen molar-refractivity contribution in [3.63, 3.8) is 0 Å². The zero-order valence-electron chi connectivity index (χ0n) is 15.3. The van der Waals surface area contributed by atoms with Crippen LogP contribution >= 0.6 is 11.6 Å². The lowest BCUT2D eigenvalue weighted by Gasteiger charge is -2.30. The summed E-state index contributed by atoms with van der Waals surface area (Å²) >= 11 is 6.12. The third-order valence-electron chi connectivity index (χ3n) is 4.95. The van der Waals surface area contributed by atoms with Gasteiger partial charge in [-0.25, -0.2) is 0 Å². The Kier molecular flexibility index (Phi) is 5.69. The fourth-order valence-corrected chi connectivity index (χ4v) is 3.55. The number of rotatable bonds is 5. The zero-order valence-corrected chi connectivity index (χ0v) is 16.1. The van der Waals surface area contributed by atoms with Crippen LogP contribution in [0, 0.1) is 5.92 Å². The molecule has 0 atom stereocenters. The average molecular weight is 397 g/mol. The van der Waals surface area contributed by atoms with E-state index in [0.717, 1.165) is 31.5 Å². The van der Waals surface area contributed by atoms with Gasteiger partial charge >= 0.3 is 0 Å². The number of hydrogen-bond donors (Lipinski definition) is 1. The van der Waals surface area contributed by atoms with Crippen LogP contribution in [-0.4, -0.2) is 34.0 Å². The molecular formula is C21H21ClN4O2. The molecule has 2 heterocycles. The Bertz CT molecular complexity index is 936. The Labute approximate surface area is 168 Å². The van der Waals surface area contributed by atoms with Gasteiger partial charge in [-0.2, -0.15) is 4.98 Å². The summed E-state index contributed by atoms with van der Waals surface area (Å²) in [6, 6.07) is 17.1. The number of carbonyl (C=O) groups is 1. The number of hydrogen-bond acceptors (Lipinski definition) is 5. The van der Waals surface area contributed by atoms with Crippen LogP contribution in [0.2, 0.25) is 5.02 Å². The zero-order chi connectivity index (χ0) is 19.3. The second-order valence-electron chi connectivity index (χ2n) is 6.90. The molecule has 1 N–H and O–H groups in total. The molecule has 1 amide bonds. The van der Waals surface area contributed by atoms with E-state index >= 15 is 0 Å². The summed E-state index contributed by atoms with van der Waals surface area (Å²) < 4.78 is 5.39. The molecule has 1 fully saturated rings. The van der Waals surface area contributed by atoms with Crippen molar-refractivity contribution >= 4 is 23.2 Å². The van der Waals surface area contributed by atoms with Gasteiger partial charge in [0.15, 0.2) is 0 Å². The molecule has 0 bridgehead atoms. The standard InChI is InChI=1S/C21H21ClN4O2/c22-17-8-4-5-9-18(17)23-21(27)16-10-12-26(13-11-16)14-19-24-20(25-28-19)15-6-2-1-3-7-15/h1-9,16H,10-14H2,(H,23,27). The van der Waals surface area contributed by atoms with E-state index < -0.39 is 0 Å². The molecule has 1 aromatic heterocycles. The maximum atomic E-state index is 12.5. The van der Waals surface area contributed by atoms with E-state index in [9.17, 15) is 4.79 Å². The van der Waals surface area contributed by atoms with E-state index in [4.69, 9.17) is 16.1 Å². The van der Waals surface area contributed by atoms with Crippen molar-refractivity contribution in [1.82, 2.24) is 15.0 Å². The summed E-state index contributed by atoms with van der Waals surface area (Å²) in [6.07, 6.45) is 1.58. The van der Waals surface area contributed by atoms with Crippen molar-refractivity contribution in [3.05, 3.63) is 65.5 Å². The Balaban J connectivity index is 1.29. The van der Waals surface area contributed by atoms with Gasteiger partial charge < -0.3 is 9.84 Å². The van der Waals surface area contributed by atoms with Crippen molar-refractivity contribution in [2.24, 2.45) is 5.92 Å². The number of halogens is 1. The van der Waals surface area contributed by atoms with E-state index in [1.807, 2.05) is 48.5 Å². The number of likely N-dealkylation sites (tertiary alicyclic amines) is 1. The third kappa shape index (κ3) is 4.40. The van der Waals surface area contributed by atoms with E-state index in [-0.39, 0.29) is 11.8 Å². The van der Waals surface area contributed by atoms with E-state index in [2.05, 4.69) is 20.4 Å². The topological polar surface area (TPSA) is 71.3 Å². The van der Waals surface area contributed by atoms with Crippen molar-refractivity contribution in [1.29, 1.82) is 0 Å². The molecule has 2 aromatic carbocycles. The van der Waals surface area contributed by atoms with Crippen molar-refractivity contribution in [2.75, 3.05) is 18.4 Å². The van der Waals surface area contributed by atoms with Gasteiger partial charge in [0.2, 0.25) is 17.6 Å². The van der Waals surface area contributed by atoms with Crippen LogP contribution < -0.4 is 5.32 Å². The van der Waals surface area contributed by atoms with Crippen LogP contribution in [0.3, 0.4) is 0 Å². The number of aromatic nitrogens is 2. The fraction of sp³-hybridized carbons (Fsp3) is 0.286. The first-order chi connectivity index (χ1) is 13.7. The first-order valence-corrected chi connectivity index (χ1v) is 9.72. The van der Waals surface area contributed by atoms with Gasteiger partial charge in [0.1, 0.15) is 0 Å². The summed E-state index contributed by atoms with van der Waals surface area (Å²) in [5.41, 5.74) is 1.60. The Morgan fingerprint density at radius 2 is 1.82 bits per heavy atom. The molecule has 0 unspecified atom stereocenters. The SMILES string of the molecule is O=C(Nc1ccccc1Cl)C1CCN(Cc2nc(-c3ccccc3)no2)CC1. The van der Waals surface area contributed by atoms with E-state index in [0.29, 0.717) is 29.0 Å². The van der Waals surface area contributed by atoms with Crippen LogP contribution in [0.25, 0.3) is 11.4 Å². The third-order valence-corrected chi connectivity index (χ3v) is 5.28. The average Bonchev–Trinajstić information content (AvgIpc) is 3.19. The van der Waals surface area contributed by atoms with Crippen LogP contribution in [-0.2, 0) is 11.3 Å². The number of nitrogens with one attached hydrogen (secondary N) is 1. The summed E-state index contributed by atoms with van der Waals surface area (Å²) in [6.45, 7) is 2.21. The summed E-state index contributed by atoms with van der Waals surface area (Å²) in [7, 11) is 0. The molecule has 1 aliphatic rings. The molecular weight excluding hydrogens is 376 g/mol. The van der Waals surface area contributed by atoms with Gasteiger partial charge in [-0.15, -0.1) is 0 Å². The number of piperidine rings is 1. The molecule has 0 aliphatic carbocycles. The highest BCUT2D eigenvalue weighted by molar-refractivity contribution is 6.33. The first-order valence-electron chi connectivity index (χ1n) is 9.35. The minimum atomic E-state index is -0.0184. The Morgan fingerprint density at radius 1 is 1.11 bits per heavy atom. The molecule has 4 rings (SSSR count). The summed E-state index contributed by atoms with van der Waals surface area (Å²) in [4.78, 5) is 19.2. The predicted molar refractivity (Wildman–Crippen MR) is 108 cm³/mol. The number of para-hydroxylation sites is 1. The summed E-state index contributed by atoms with van der Waals surface area (Å²) in [5, 5.41) is 7.55. The minimum absolute atomic E-state index is 0.0184. The van der Waals surface area contributed by atoms with Gasteiger partial charge in [-0.3, -0.25) is 9.69 Å². The van der Waals surface area contributed by atoms with Gasteiger partial charge in [-0.05, 0) is 38.1 Å². The smallest absolute Gasteiger partial charge is 0.241 e. The second kappa shape index (κ2) is 8.54. The van der Waals surface area contributed by atoms with Crippen LogP contribution in [0.1, 0.15) is 18.7 Å². The van der Waals surface area contributed by atoms with Crippen LogP contribution in [0.5, 0.6) is 0 Å². The van der Waals surface area contributed by atoms with Crippen molar-refractivity contribution < 1.29 is 9.32 Å². The Morgan fingerprint density at radius 3 is 2.57 bits per heavy atom. The molecule has 7 heteroatoms. The normalized spacial score (nSPS) is 15.5. The number of carbonyl (C=O) groups excluding carboxylic acids is 1. The first kappa shape index (κ1) is 18.7. The largest absolute Gasteiger partial charge is 0.338 e. The molecule has 144 valence electrons. The fourth-order valence-electron chi connectivity index (χ4n) is 3.37. The van der Waals surface area contributed by atoms with Gasteiger partial charge in [0, 0.05) is 11.5 Å². The van der Waals surface area contributed by atoms with Crippen molar-refractivity contribution in [3.8, 4) is 11.4 Å². The molecule has 0 spiro atoms. The molecule has 1 saturated heterocycles. The molecule has 28 heavy (non-hydrogen) atoms. The van der Waals surface area contributed by atoms with Crippen molar-refractivity contribution in [2.45, 2.75) is 19.4 Å². The lowest BCUT2D eigenvalue weighted by atomic mass is 9.96. The quantitative estimate of drug-likeness (QED) is 0.698. The van der Waals surface area contributed by atoms with Gasteiger partial charge in [0.05, 0.1) is 17.3 Å². The summed E-state index contributed by atoms with van der Waals surface area (Å²) in [5.74, 6) is 1.20. The van der Waals surface area contributed by atoms with E-state index in [1.165, 1.54) is 0 Å². The lowest BCUT2D eigenvalue weighted by Crippen LogP contribution is -2.37. The monoisotopic (exact) mass is 396 g/mol. The highest BCUT2D eigenvalue weighted by Gasteiger charge is 2.26. The number of anilines is 1. The van der Waals surface area contributed by atoms with Gasteiger partial charge in [0.25, 0.3) is 0 Å². The number of amides is 1. The molecule has 3 aromatic rings. The lowest BCUT2D eigenvalue weighted by molar-refractivity contribution is -0.121. The van der Waals surface area contributed by atoms with E-state index in [1.54, 1.807) is 6.07 Å². The maximum Gasteiger partial charge on any atom is 0.241 e.